The minimum atomic E-state index is 0.477. The molecule has 0 aromatic rings. The summed E-state index contributed by atoms with van der Waals surface area (Å²) in [4.78, 5) is 2.40. The Morgan fingerprint density at radius 3 is 2.00 bits per heavy atom. The van der Waals surface area contributed by atoms with Crippen molar-refractivity contribution in [3.8, 4) is 0 Å². The van der Waals surface area contributed by atoms with E-state index in [4.69, 9.17) is 0 Å². The van der Waals surface area contributed by atoms with Crippen molar-refractivity contribution >= 4 is 0 Å². The van der Waals surface area contributed by atoms with Crippen molar-refractivity contribution in [1.29, 1.82) is 0 Å². The van der Waals surface area contributed by atoms with Gasteiger partial charge in [-0.25, -0.2) is 0 Å². The third kappa shape index (κ3) is 4.63. The summed E-state index contributed by atoms with van der Waals surface area (Å²) in [5, 5.41) is 3.57. The molecule has 0 aliphatic heterocycles. The molecular weight excluding hydrogens is 160 g/mol. The van der Waals surface area contributed by atoms with E-state index in [0.29, 0.717) is 18.2 Å². The van der Waals surface area contributed by atoms with Crippen molar-refractivity contribution in [1.82, 2.24) is 10.2 Å². The van der Waals surface area contributed by atoms with Crippen LogP contribution in [0.3, 0.4) is 0 Å². The molecule has 0 saturated heterocycles. The Labute approximate surface area is 83.7 Å². The van der Waals surface area contributed by atoms with Crippen molar-refractivity contribution in [2.45, 2.75) is 65.7 Å². The molecule has 1 N–H and O–H groups in total. The quantitative estimate of drug-likeness (QED) is 0.641. The largest absolute Gasteiger partial charge is 0.299 e. The maximum Gasteiger partial charge on any atom is 0.0569 e. The molecule has 0 rings (SSSR count). The molecule has 0 amide bonds. The second-order valence-electron chi connectivity index (χ2n) is 4.07. The molecular formula is C11H26N2. The predicted molar refractivity (Wildman–Crippen MR) is 59.9 cm³/mol. The fourth-order valence-electron chi connectivity index (χ4n) is 1.32. The van der Waals surface area contributed by atoms with E-state index >= 15 is 0 Å². The maximum atomic E-state index is 3.57. The standard InChI is InChI=1S/C11H26N2/c1-7-9(3)12-11(5)13(6)10(4)8-2/h9-12H,7-8H2,1-6H3. The van der Waals surface area contributed by atoms with Gasteiger partial charge in [-0.05, 0) is 40.7 Å². The molecule has 0 heterocycles. The highest BCUT2D eigenvalue weighted by molar-refractivity contribution is 4.70. The smallest absolute Gasteiger partial charge is 0.0569 e. The Balaban J connectivity index is 3.87. The molecule has 0 aromatic carbocycles. The first kappa shape index (κ1) is 12.9. The highest BCUT2D eigenvalue weighted by Gasteiger charge is 2.14. The molecule has 3 unspecified atom stereocenters. The number of rotatable bonds is 6. The molecule has 80 valence electrons. The first-order valence-electron chi connectivity index (χ1n) is 5.50. The lowest BCUT2D eigenvalue weighted by atomic mass is 10.2. The maximum absolute atomic E-state index is 3.57. The highest BCUT2D eigenvalue weighted by Crippen LogP contribution is 2.04. The number of hydrogen-bond acceptors (Lipinski definition) is 2. The lowest BCUT2D eigenvalue weighted by molar-refractivity contribution is 0.153. The van der Waals surface area contributed by atoms with Gasteiger partial charge >= 0.3 is 0 Å². The lowest BCUT2D eigenvalue weighted by Gasteiger charge is -2.32. The van der Waals surface area contributed by atoms with Gasteiger partial charge in [0.25, 0.3) is 0 Å². The van der Waals surface area contributed by atoms with Crippen molar-refractivity contribution in [3.05, 3.63) is 0 Å². The molecule has 13 heavy (non-hydrogen) atoms. The van der Waals surface area contributed by atoms with Crippen molar-refractivity contribution in [3.63, 3.8) is 0 Å². The molecule has 0 bridgehead atoms. The van der Waals surface area contributed by atoms with Gasteiger partial charge in [0.05, 0.1) is 6.17 Å². The second-order valence-corrected chi connectivity index (χ2v) is 4.07. The summed E-state index contributed by atoms with van der Waals surface area (Å²) < 4.78 is 0. The molecule has 2 heteroatoms. The molecule has 0 saturated carbocycles. The lowest BCUT2D eigenvalue weighted by Crippen LogP contribution is -2.48. The normalized spacial score (nSPS) is 18.7. The van der Waals surface area contributed by atoms with E-state index in [9.17, 15) is 0 Å². The fraction of sp³-hybridized carbons (Fsp3) is 1.00. The van der Waals surface area contributed by atoms with E-state index in [0.717, 1.165) is 0 Å². The first-order valence-corrected chi connectivity index (χ1v) is 5.50. The molecule has 2 nitrogen and oxygen atoms in total. The summed E-state index contributed by atoms with van der Waals surface area (Å²) in [5.74, 6) is 0. The molecule has 0 aliphatic rings. The Morgan fingerprint density at radius 2 is 1.62 bits per heavy atom. The summed E-state index contributed by atoms with van der Waals surface area (Å²) in [5.41, 5.74) is 0. The van der Waals surface area contributed by atoms with E-state index < -0.39 is 0 Å². The van der Waals surface area contributed by atoms with Crippen LogP contribution in [0, 0.1) is 0 Å². The average Bonchev–Trinajstić information content (AvgIpc) is 2.14. The zero-order valence-corrected chi connectivity index (χ0v) is 10.1. The monoisotopic (exact) mass is 186 g/mol. The van der Waals surface area contributed by atoms with Gasteiger partial charge in [-0.15, -0.1) is 0 Å². The van der Waals surface area contributed by atoms with E-state index in [1.54, 1.807) is 0 Å². The van der Waals surface area contributed by atoms with Crippen molar-refractivity contribution < 1.29 is 0 Å². The number of nitrogens with zero attached hydrogens (tertiary/aromatic N) is 1. The van der Waals surface area contributed by atoms with Crippen LogP contribution in [-0.2, 0) is 0 Å². The van der Waals surface area contributed by atoms with Crippen molar-refractivity contribution in [2.75, 3.05) is 7.05 Å². The van der Waals surface area contributed by atoms with Crippen LogP contribution in [0.25, 0.3) is 0 Å². The van der Waals surface area contributed by atoms with Gasteiger partial charge in [0.2, 0.25) is 0 Å². The van der Waals surface area contributed by atoms with Gasteiger partial charge < -0.3 is 0 Å². The average molecular weight is 186 g/mol. The molecule has 0 radical (unpaired) electrons. The molecule has 0 aliphatic carbocycles. The zero-order valence-electron chi connectivity index (χ0n) is 10.1. The Kier molecular flexibility index (Phi) is 6.35. The van der Waals surface area contributed by atoms with Crippen LogP contribution in [0.5, 0.6) is 0 Å². The topological polar surface area (TPSA) is 15.3 Å². The summed E-state index contributed by atoms with van der Waals surface area (Å²) in [6.45, 7) is 11.2. The Hall–Kier alpha value is -0.0800. The van der Waals surface area contributed by atoms with Crippen LogP contribution in [-0.4, -0.2) is 30.2 Å². The SMILES string of the molecule is CCC(C)NC(C)N(C)C(C)CC. The summed E-state index contributed by atoms with van der Waals surface area (Å²) >= 11 is 0. The molecule has 0 spiro atoms. The number of hydrogen-bond donors (Lipinski definition) is 1. The third-order valence-electron chi connectivity index (χ3n) is 3.04. The Bertz CT molecular complexity index is 125. The molecule has 0 fully saturated rings. The van der Waals surface area contributed by atoms with Crippen LogP contribution in [0.1, 0.15) is 47.5 Å². The third-order valence-corrected chi connectivity index (χ3v) is 3.04. The second kappa shape index (κ2) is 6.39. The van der Waals surface area contributed by atoms with Gasteiger partial charge in [-0.1, -0.05) is 13.8 Å². The van der Waals surface area contributed by atoms with Gasteiger partial charge in [-0.3, -0.25) is 10.2 Å². The zero-order chi connectivity index (χ0) is 10.4. The first-order chi connectivity index (χ1) is 6.02. The summed E-state index contributed by atoms with van der Waals surface area (Å²) in [7, 11) is 2.19. The van der Waals surface area contributed by atoms with Crippen LogP contribution in [0.4, 0.5) is 0 Å². The predicted octanol–water partition coefficient (Wildman–Crippen LogP) is 2.45. The number of nitrogens with one attached hydrogen (secondary N) is 1. The minimum absolute atomic E-state index is 0.477. The summed E-state index contributed by atoms with van der Waals surface area (Å²) in [6, 6.07) is 1.27. The fourth-order valence-corrected chi connectivity index (χ4v) is 1.32. The van der Waals surface area contributed by atoms with Gasteiger partial charge in [0, 0.05) is 12.1 Å². The van der Waals surface area contributed by atoms with Crippen LogP contribution in [0.2, 0.25) is 0 Å². The van der Waals surface area contributed by atoms with E-state index in [-0.39, 0.29) is 0 Å². The van der Waals surface area contributed by atoms with Crippen LogP contribution in [0.15, 0.2) is 0 Å². The summed E-state index contributed by atoms with van der Waals surface area (Å²) in [6.07, 6.45) is 2.88. The van der Waals surface area contributed by atoms with Crippen LogP contribution >= 0.6 is 0 Å². The van der Waals surface area contributed by atoms with Crippen molar-refractivity contribution in [2.24, 2.45) is 0 Å². The Morgan fingerprint density at radius 1 is 1.08 bits per heavy atom. The molecule has 0 aromatic heterocycles. The highest BCUT2D eigenvalue weighted by atomic mass is 15.3. The van der Waals surface area contributed by atoms with Gasteiger partial charge in [0.15, 0.2) is 0 Å². The van der Waals surface area contributed by atoms with Crippen LogP contribution < -0.4 is 5.32 Å². The van der Waals surface area contributed by atoms with E-state index in [1.807, 2.05) is 0 Å². The van der Waals surface area contributed by atoms with Gasteiger partial charge in [-0.2, -0.15) is 0 Å². The minimum Gasteiger partial charge on any atom is -0.299 e. The molecule has 3 atom stereocenters. The van der Waals surface area contributed by atoms with E-state index in [2.05, 4.69) is 51.9 Å². The van der Waals surface area contributed by atoms with E-state index in [1.165, 1.54) is 12.8 Å². The van der Waals surface area contributed by atoms with Gasteiger partial charge in [0.1, 0.15) is 0 Å².